The van der Waals surface area contributed by atoms with Crippen LogP contribution in [0.25, 0.3) is 11.0 Å². The normalized spacial score (nSPS) is 17.9. The summed E-state index contributed by atoms with van der Waals surface area (Å²) in [7, 11) is 0. The fraction of sp³-hybridized carbons (Fsp3) is 0.333. The van der Waals surface area contributed by atoms with Gasteiger partial charge in [0.15, 0.2) is 0 Å². The van der Waals surface area contributed by atoms with Gasteiger partial charge in [-0.25, -0.2) is 4.79 Å². The van der Waals surface area contributed by atoms with Gasteiger partial charge in [-0.3, -0.25) is 4.79 Å². The van der Waals surface area contributed by atoms with E-state index in [9.17, 15) is 9.59 Å². The molecular weight excluding hydrogens is 218 g/mol. The van der Waals surface area contributed by atoms with Gasteiger partial charge >= 0.3 is 5.69 Å². The van der Waals surface area contributed by atoms with Crippen molar-refractivity contribution < 1.29 is 4.79 Å². The van der Waals surface area contributed by atoms with Gasteiger partial charge in [-0.2, -0.15) is 0 Å². The highest BCUT2D eigenvalue weighted by Gasteiger charge is 2.32. The lowest BCUT2D eigenvalue weighted by molar-refractivity contribution is -0.117. The average Bonchev–Trinajstić information content (AvgIpc) is 2.53. The molecular formula is C12H13N3O2. The van der Waals surface area contributed by atoms with E-state index in [1.807, 2.05) is 19.9 Å². The summed E-state index contributed by atoms with van der Waals surface area (Å²) in [6, 6.07) is 3.74. The van der Waals surface area contributed by atoms with E-state index in [4.69, 9.17) is 0 Å². The second-order valence-electron chi connectivity index (χ2n) is 5.13. The second kappa shape index (κ2) is 3.00. The van der Waals surface area contributed by atoms with Gasteiger partial charge < -0.3 is 15.3 Å². The quantitative estimate of drug-likeness (QED) is 0.642. The highest BCUT2D eigenvalue weighted by molar-refractivity contribution is 5.98. The molecule has 5 nitrogen and oxygen atoms in total. The third-order valence-electron chi connectivity index (χ3n) is 3.26. The first-order valence-electron chi connectivity index (χ1n) is 5.52. The zero-order valence-electron chi connectivity index (χ0n) is 9.68. The van der Waals surface area contributed by atoms with E-state index in [0.717, 1.165) is 16.8 Å². The molecule has 1 aromatic carbocycles. The number of carbonyl (C=O) groups is 1. The van der Waals surface area contributed by atoms with E-state index in [1.165, 1.54) is 0 Å². The van der Waals surface area contributed by atoms with Crippen LogP contribution >= 0.6 is 0 Å². The van der Waals surface area contributed by atoms with Crippen molar-refractivity contribution in [1.29, 1.82) is 0 Å². The number of aromatic amines is 2. The lowest BCUT2D eigenvalue weighted by Crippen LogP contribution is -2.32. The van der Waals surface area contributed by atoms with Gasteiger partial charge in [0.2, 0.25) is 5.91 Å². The minimum absolute atomic E-state index is 0.0136. The van der Waals surface area contributed by atoms with Crippen LogP contribution in [0.1, 0.15) is 25.8 Å². The first-order valence-corrected chi connectivity index (χ1v) is 5.52. The number of hydrogen-bond acceptors (Lipinski definition) is 2. The molecule has 5 heteroatoms. The first-order chi connectivity index (χ1) is 7.95. The number of anilines is 1. The minimum atomic E-state index is -0.230. The maximum Gasteiger partial charge on any atom is 0.323 e. The number of fused-ring (bicyclic) bond motifs is 2. The number of hydrogen-bond donors (Lipinski definition) is 3. The van der Waals surface area contributed by atoms with Gasteiger partial charge in [0.25, 0.3) is 0 Å². The van der Waals surface area contributed by atoms with Crippen molar-refractivity contribution in [2.75, 3.05) is 5.32 Å². The summed E-state index contributed by atoms with van der Waals surface area (Å²) >= 11 is 0. The third kappa shape index (κ3) is 1.46. The van der Waals surface area contributed by atoms with Crippen molar-refractivity contribution in [2.24, 2.45) is 0 Å². The van der Waals surface area contributed by atoms with Gasteiger partial charge in [0.05, 0.1) is 11.0 Å². The van der Waals surface area contributed by atoms with Crippen LogP contribution in [0.2, 0.25) is 0 Å². The second-order valence-corrected chi connectivity index (χ2v) is 5.13. The number of benzene rings is 1. The molecule has 1 aromatic heterocycles. The van der Waals surface area contributed by atoms with Crippen LogP contribution in [0.5, 0.6) is 0 Å². The van der Waals surface area contributed by atoms with Gasteiger partial charge in [0.1, 0.15) is 0 Å². The number of imidazole rings is 1. The monoisotopic (exact) mass is 231 g/mol. The number of amides is 1. The van der Waals surface area contributed by atoms with E-state index in [-0.39, 0.29) is 17.0 Å². The van der Waals surface area contributed by atoms with Crippen LogP contribution in [0.15, 0.2) is 16.9 Å². The summed E-state index contributed by atoms with van der Waals surface area (Å²) < 4.78 is 0. The van der Waals surface area contributed by atoms with Crippen LogP contribution in [-0.2, 0) is 10.2 Å². The Labute approximate surface area is 97.2 Å². The summed E-state index contributed by atoms with van der Waals surface area (Å²) in [5.41, 5.74) is 2.89. The molecule has 1 amide bonds. The van der Waals surface area contributed by atoms with Crippen molar-refractivity contribution in [3.63, 3.8) is 0 Å². The van der Waals surface area contributed by atoms with Crippen LogP contribution in [0.4, 0.5) is 5.69 Å². The molecule has 0 atom stereocenters. The van der Waals surface area contributed by atoms with Crippen LogP contribution in [-0.4, -0.2) is 15.9 Å². The molecule has 17 heavy (non-hydrogen) atoms. The standard InChI is InChI=1S/C12H13N3O2/c1-12(2)5-10(16)13-7-4-9-8(3-6(7)12)14-11(17)15-9/h3-4H,5H2,1-2H3,(H,13,16)(H2,14,15,17). The van der Waals surface area contributed by atoms with Crippen molar-refractivity contribution >= 4 is 22.6 Å². The molecule has 0 bridgehead atoms. The van der Waals surface area contributed by atoms with E-state index in [2.05, 4.69) is 15.3 Å². The Hall–Kier alpha value is -2.04. The Bertz CT molecular complexity index is 679. The molecule has 0 unspecified atom stereocenters. The minimum Gasteiger partial charge on any atom is -0.326 e. The molecule has 3 rings (SSSR count). The Morgan fingerprint density at radius 3 is 2.47 bits per heavy atom. The summed E-state index contributed by atoms with van der Waals surface area (Å²) in [5, 5.41) is 2.84. The lowest BCUT2D eigenvalue weighted by Gasteiger charge is -2.31. The zero-order valence-corrected chi connectivity index (χ0v) is 9.68. The summed E-state index contributed by atoms with van der Waals surface area (Å²) in [6.07, 6.45) is 0.458. The molecule has 0 aliphatic carbocycles. The predicted molar refractivity (Wildman–Crippen MR) is 65.2 cm³/mol. The molecule has 88 valence electrons. The number of nitrogens with one attached hydrogen (secondary N) is 3. The average molecular weight is 231 g/mol. The molecule has 0 fully saturated rings. The molecule has 0 saturated carbocycles. The Kier molecular flexibility index (Phi) is 1.79. The fourth-order valence-corrected chi connectivity index (χ4v) is 2.44. The van der Waals surface area contributed by atoms with Crippen molar-refractivity contribution in [1.82, 2.24) is 9.97 Å². The Morgan fingerprint density at radius 2 is 1.76 bits per heavy atom. The number of carbonyl (C=O) groups excluding carboxylic acids is 1. The molecule has 0 saturated heterocycles. The molecule has 2 heterocycles. The Morgan fingerprint density at radius 1 is 1.12 bits per heavy atom. The number of aromatic nitrogens is 2. The number of rotatable bonds is 0. The molecule has 0 spiro atoms. The smallest absolute Gasteiger partial charge is 0.323 e. The van der Waals surface area contributed by atoms with Crippen molar-refractivity contribution in [3.05, 3.63) is 28.2 Å². The molecule has 0 radical (unpaired) electrons. The largest absolute Gasteiger partial charge is 0.326 e. The fourth-order valence-electron chi connectivity index (χ4n) is 2.44. The van der Waals surface area contributed by atoms with E-state index in [0.29, 0.717) is 11.9 Å². The summed E-state index contributed by atoms with van der Waals surface area (Å²) in [5.74, 6) is 0.0136. The molecule has 3 N–H and O–H groups in total. The lowest BCUT2D eigenvalue weighted by atomic mass is 9.78. The maximum atomic E-state index is 11.6. The van der Waals surface area contributed by atoms with Crippen LogP contribution in [0.3, 0.4) is 0 Å². The van der Waals surface area contributed by atoms with E-state index < -0.39 is 0 Å². The Balaban J connectivity index is 2.33. The van der Waals surface area contributed by atoms with E-state index >= 15 is 0 Å². The molecule has 2 aromatic rings. The SMILES string of the molecule is CC1(C)CC(=O)Nc2cc3[nH]c(=O)[nH]c3cc21. The topological polar surface area (TPSA) is 77.8 Å². The van der Waals surface area contributed by atoms with Crippen LogP contribution < -0.4 is 11.0 Å². The van der Waals surface area contributed by atoms with E-state index in [1.54, 1.807) is 6.07 Å². The molecule has 1 aliphatic heterocycles. The van der Waals surface area contributed by atoms with Crippen molar-refractivity contribution in [3.8, 4) is 0 Å². The van der Waals surface area contributed by atoms with Crippen molar-refractivity contribution in [2.45, 2.75) is 25.7 Å². The van der Waals surface area contributed by atoms with Crippen LogP contribution in [0, 0.1) is 0 Å². The summed E-state index contributed by atoms with van der Waals surface area (Å²) in [4.78, 5) is 28.2. The van der Waals surface area contributed by atoms with Gasteiger partial charge in [0, 0.05) is 17.5 Å². The predicted octanol–water partition coefficient (Wildman–Crippen LogP) is 1.48. The summed E-state index contributed by atoms with van der Waals surface area (Å²) in [6.45, 7) is 4.06. The zero-order chi connectivity index (χ0) is 12.2. The highest BCUT2D eigenvalue weighted by Crippen LogP contribution is 2.38. The number of H-pyrrole nitrogens is 2. The van der Waals surface area contributed by atoms with Gasteiger partial charge in [-0.1, -0.05) is 13.8 Å². The van der Waals surface area contributed by atoms with Gasteiger partial charge in [-0.05, 0) is 17.7 Å². The van der Waals surface area contributed by atoms with Gasteiger partial charge in [-0.15, -0.1) is 0 Å². The highest BCUT2D eigenvalue weighted by atomic mass is 16.2. The third-order valence-corrected chi connectivity index (χ3v) is 3.26. The first kappa shape index (κ1) is 10.1. The maximum absolute atomic E-state index is 11.6. The molecule has 1 aliphatic rings.